The largest absolute Gasteiger partial charge is 0.573 e. The molecule has 2 fully saturated rings. The number of aromatic nitrogens is 1. The topological polar surface area (TPSA) is 91.8 Å². The lowest BCUT2D eigenvalue weighted by Gasteiger charge is -2.24. The molecular formula is C24H25F3N4O4. The van der Waals surface area contributed by atoms with Crippen molar-refractivity contribution in [1.29, 1.82) is 0 Å². The smallest absolute Gasteiger partial charge is 0.406 e. The lowest BCUT2D eigenvalue weighted by molar-refractivity contribution is -0.274. The Kier molecular flexibility index (Phi) is 6.95. The summed E-state index contributed by atoms with van der Waals surface area (Å²) in [5.41, 5.74) is 0.989. The standard InChI is InChI=1S/C24H25F3N4O4/c1-15-22(33)31(18-7-9-19(10-8-18)35-24(25,26)27)23(34)30(15)14-16-11-12-28-13-20(16)21(32)29-17-5-3-2-4-6-17/h7-13,15,17H,2-6,14H2,1H3,(H,29,32). The van der Waals surface area contributed by atoms with Gasteiger partial charge < -0.3 is 15.0 Å². The Morgan fingerprint density at radius 2 is 1.80 bits per heavy atom. The van der Waals surface area contributed by atoms with Crippen LogP contribution in [0, 0.1) is 0 Å². The molecule has 1 atom stereocenters. The predicted octanol–water partition coefficient (Wildman–Crippen LogP) is 4.40. The van der Waals surface area contributed by atoms with Gasteiger partial charge in [0, 0.05) is 25.0 Å². The van der Waals surface area contributed by atoms with Crippen molar-refractivity contribution < 1.29 is 32.3 Å². The van der Waals surface area contributed by atoms with Gasteiger partial charge in [0.15, 0.2) is 0 Å². The molecule has 8 nitrogen and oxygen atoms in total. The van der Waals surface area contributed by atoms with Crippen LogP contribution in [0.1, 0.15) is 54.9 Å². The zero-order valence-corrected chi connectivity index (χ0v) is 19.0. The number of rotatable bonds is 6. The number of carbonyl (C=O) groups excluding carboxylic acids is 3. The van der Waals surface area contributed by atoms with Crippen LogP contribution in [-0.2, 0) is 11.3 Å². The lowest BCUT2D eigenvalue weighted by atomic mass is 9.95. The van der Waals surface area contributed by atoms with E-state index in [-0.39, 0.29) is 24.2 Å². The summed E-state index contributed by atoms with van der Waals surface area (Å²) >= 11 is 0. The van der Waals surface area contributed by atoms with E-state index in [0.717, 1.165) is 49.1 Å². The van der Waals surface area contributed by atoms with Crippen LogP contribution in [0.25, 0.3) is 0 Å². The van der Waals surface area contributed by atoms with E-state index in [9.17, 15) is 27.6 Å². The van der Waals surface area contributed by atoms with E-state index >= 15 is 0 Å². The third-order valence-corrected chi connectivity index (χ3v) is 6.25. The minimum absolute atomic E-state index is 0.00650. The zero-order valence-electron chi connectivity index (χ0n) is 19.0. The highest BCUT2D eigenvalue weighted by Crippen LogP contribution is 2.30. The molecule has 2 heterocycles. The number of imide groups is 1. The summed E-state index contributed by atoms with van der Waals surface area (Å²) in [7, 11) is 0. The van der Waals surface area contributed by atoms with Gasteiger partial charge in [0.1, 0.15) is 11.8 Å². The number of hydrogen-bond donors (Lipinski definition) is 1. The van der Waals surface area contributed by atoms with Gasteiger partial charge in [0.2, 0.25) is 0 Å². The first-order valence-electron chi connectivity index (χ1n) is 11.4. The molecule has 1 saturated heterocycles. The van der Waals surface area contributed by atoms with E-state index in [4.69, 9.17) is 0 Å². The van der Waals surface area contributed by atoms with Crippen LogP contribution in [0.2, 0.25) is 0 Å². The number of benzene rings is 1. The van der Waals surface area contributed by atoms with E-state index in [2.05, 4.69) is 15.0 Å². The molecule has 186 valence electrons. The summed E-state index contributed by atoms with van der Waals surface area (Å²) in [6.07, 6.45) is 3.21. The number of ether oxygens (including phenoxy) is 1. The first-order chi connectivity index (χ1) is 16.6. The van der Waals surface area contributed by atoms with Gasteiger partial charge in [-0.2, -0.15) is 0 Å². The second kappa shape index (κ2) is 9.93. The number of nitrogens with zero attached hydrogens (tertiary/aromatic N) is 3. The Morgan fingerprint density at radius 1 is 1.11 bits per heavy atom. The number of halogens is 3. The molecule has 1 saturated carbocycles. The van der Waals surface area contributed by atoms with E-state index in [1.165, 1.54) is 29.4 Å². The molecule has 1 aliphatic heterocycles. The minimum Gasteiger partial charge on any atom is -0.406 e. The van der Waals surface area contributed by atoms with Crippen LogP contribution in [0.3, 0.4) is 0 Å². The van der Waals surface area contributed by atoms with Crippen molar-refractivity contribution in [2.45, 2.75) is 64.0 Å². The molecule has 0 radical (unpaired) electrons. The van der Waals surface area contributed by atoms with E-state index < -0.39 is 30.1 Å². The maximum absolute atomic E-state index is 13.1. The number of amides is 4. The van der Waals surface area contributed by atoms with Crippen LogP contribution in [-0.4, -0.2) is 46.2 Å². The molecule has 35 heavy (non-hydrogen) atoms. The number of anilines is 1. The van der Waals surface area contributed by atoms with Gasteiger partial charge >= 0.3 is 12.4 Å². The van der Waals surface area contributed by atoms with Gasteiger partial charge in [-0.1, -0.05) is 19.3 Å². The van der Waals surface area contributed by atoms with Crippen LogP contribution in [0.4, 0.5) is 23.7 Å². The van der Waals surface area contributed by atoms with Crippen LogP contribution in [0.15, 0.2) is 42.7 Å². The monoisotopic (exact) mass is 490 g/mol. The van der Waals surface area contributed by atoms with Crippen molar-refractivity contribution in [3.63, 3.8) is 0 Å². The number of hydrogen-bond acceptors (Lipinski definition) is 5. The molecule has 1 aliphatic carbocycles. The van der Waals surface area contributed by atoms with Crippen molar-refractivity contribution in [3.8, 4) is 5.75 Å². The van der Waals surface area contributed by atoms with Crippen molar-refractivity contribution in [1.82, 2.24) is 15.2 Å². The number of pyridine rings is 1. The third kappa shape index (κ3) is 5.55. The first-order valence-corrected chi connectivity index (χ1v) is 11.4. The molecule has 2 aromatic rings. The van der Waals surface area contributed by atoms with E-state index in [1.807, 2.05) is 0 Å². The molecule has 4 rings (SSSR count). The highest BCUT2D eigenvalue weighted by atomic mass is 19.4. The lowest BCUT2D eigenvalue weighted by Crippen LogP contribution is -2.38. The summed E-state index contributed by atoms with van der Waals surface area (Å²) in [6.45, 7) is 1.55. The molecule has 1 unspecified atom stereocenters. The Hall–Kier alpha value is -3.63. The molecule has 1 aromatic heterocycles. The quantitative estimate of drug-likeness (QED) is 0.606. The fourth-order valence-corrected chi connectivity index (χ4v) is 4.41. The number of urea groups is 1. The summed E-state index contributed by atoms with van der Waals surface area (Å²) in [6, 6.07) is 4.74. The Labute approximate surface area is 200 Å². The van der Waals surface area contributed by atoms with E-state index in [0.29, 0.717) is 11.1 Å². The first kappa shape index (κ1) is 24.5. The number of alkyl halides is 3. The van der Waals surface area contributed by atoms with Crippen LogP contribution in [0.5, 0.6) is 5.75 Å². The summed E-state index contributed by atoms with van der Waals surface area (Å²) in [5.74, 6) is -1.26. The Balaban J connectivity index is 1.50. The Morgan fingerprint density at radius 3 is 2.46 bits per heavy atom. The zero-order chi connectivity index (χ0) is 25.2. The minimum atomic E-state index is -4.85. The molecular weight excluding hydrogens is 465 g/mol. The summed E-state index contributed by atoms with van der Waals surface area (Å²) < 4.78 is 41.1. The van der Waals surface area contributed by atoms with E-state index in [1.54, 1.807) is 13.0 Å². The number of carbonyl (C=O) groups is 3. The van der Waals surface area contributed by atoms with Crippen molar-refractivity contribution in [2.75, 3.05) is 4.90 Å². The van der Waals surface area contributed by atoms with Gasteiger partial charge in [0.25, 0.3) is 11.8 Å². The highest BCUT2D eigenvalue weighted by molar-refractivity contribution is 6.21. The summed E-state index contributed by atoms with van der Waals surface area (Å²) in [4.78, 5) is 45.2. The van der Waals surface area contributed by atoms with Crippen LogP contribution < -0.4 is 15.0 Å². The molecule has 0 bridgehead atoms. The molecule has 2 aliphatic rings. The molecule has 0 spiro atoms. The fourth-order valence-electron chi connectivity index (χ4n) is 4.41. The average molecular weight is 490 g/mol. The Bertz CT molecular complexity index is 1100. The predicted molar refractivity (Wildman–Crippen MR) is 120 cm³/mol. The average Bonchev–Trinajstić information content (AvgIpc) is 3.03. The highest BCUT2D eigenvalue weighted by Gasteiger charge is 2.43. The van der Waals surface area contributed by atoms with Crippen molar-refractivity contribution in [3.05, 3.63) is 53.9 Å². The second-order valence-corrected chi connectivity index (χ2v) is 8.64. The van der Waals surface area contributed by atoms with Gasteiger partial charge in [-0.05, 0) is 55.7 Å². The van der Waals surface area contributed by atoms with Gasteiger partial charge in [-0.25, -0.2) is 9.69 Å². The maximum Gasteiger partial charge on any atom is 0.573 e. The molecule has 1 N–H and O–H groups in total. The van der Waals surface area contributed by atoms with Crippen LogP contribution >= 0.6 is 0 Å². The number of nitrogens with one attached hydrogen (secondary N) is 1. The van der Waals surface area contributed by atoms with Crippen molar-refractivity contribution in [2.24, 2.45) is 0 Å². The second-order valence-electron chi connectivity index (χ2n) is 8.64. The van der Waals surface area contributed by atoms with Gasteiger partial charge in [0.05, 0.1) is 11.3 Å². The fraction of sp³-hybridized carbons (Fsp3) is 0.417. The van der Waals surface area contributed by atoms with Gasteiger partial charge in [-0.3, -0.25) is 14.6 Å². The molecule has 1 aromatic carbocycles. The van der Waals surface area contributed by atoms with Crippen molar-refractivity contribution >= 4 is 23.5 Å². The third-order valence-electron chi connectivity index (χ3n) is 6.25. The maximum atomic E-state index is 13.1. The van der Waals surface area contributed by atoms with Gasteiger partial charge in [-0.15, -0.1) is 13.2 Å². The molecule has 4 amide bonds. The SMILES string of the molecule is CC1C(=O)N(c2ccc(OC(F)(F)F)cc2)C(=O)N1Cc1ccncc1C(=O)NC1CCCCC1. The normalized spacial score (nSPS) is 19.3. The molecule has 11 heteroatoms. The summed E-state index contributed by atoms with van der Waals surface area (Å²) in [5, 5.41) is 3.04.